The van der Waals surface area contributed by atoms with Gasteiger partial charge in [0.2, 0.25) is 0 Å². The van der Waals surface area contributed by atoms with E-state index in [0.717, 1.165) is 6.26 Å². The van der Waals surface area contributed by atoms with E-state index in [1.165, 1.54) is 12.2 Å². The molecular formula is C13H21N3O6S. The summed E-state index contributed by atoms with van der Waals surface area (Å²) in [6.07, 6.45) is 5.32. The normalized spacial score (nSPS) is 20.3. The molecule has 0 amide bonds. The maximum absolute atomic E-state index is 11.7. The number of rotatable bonds is 8. The minimum Gasteiger partial charge on any atom is -0.284 e. The van der Waals surface area contributed by atoms with E-state index in [0.29, 0.717) is 32.0 Å². The third kappa shape index (κ3) is 3.75. The molecule has 0 fully saturated rings. The lowest BCUT2D eigenvalue weighted by Gasteiger charge is -2.33. The summed E-state index contributed by atoms with van der Waals surface area (Å²) in [5, 5.41) is 23.2. The highest BCUT2D eigenvalue weighted by atomic mass is 32.2. The van der Waals surface area contributed by atoms with Crippen LogP contribution >= 0.6 is 0 Å². The fourth-order valence-corrected chi connectivity index (χ4v) is 3.36. The summed E-state index contributed by atoms with van der Waals surface area (Å²) in [6, 6.07) is -1.14. The summed E-state index contributed by atoms with van der Waals surface area (Å²) in [5.74, 6) is 0. The molecule has 0 bridgehead atoms. The Morgan fingerprint density at radius 2 is 1.65 bits per heavy atom. The monoisotopic (exact) mass is 347 g/mol. The molecule has 1 unspecified atom stereocenters. The van der Waals surface area contributed by atoms with E-state index < -0.39 is 36.3 Å². The highest BCUT2D eigenvalue weighted by molar-refractivity contribution is 7.94. The molecule has 1 rings (SSSR count). The number of sulfone groups is 1. The summed E-state index contributed by atoms with van der Waals surface area (Å²) in [7, 11) is -3.79. The number of nitro groups is 2. The van der Waals surface area contributed by atoms with Crippen LogP contribution in [0.5, 0.6) is 0 Å². The van der Waals surface area contributed by atoms with Crippen LogP contribution in [0, 0.1) is 20.2 Å². The van der Waals surface area contributed by atoms with Crippen LogP contribution < -0.4 is 0 Å². The van der Waals surface area contributed by atoms with Crippen LogP contribution in [0.2, 0.25) is 0 Å². The van der Waals surface area contributed by atoms with Crippen LogP contribution in [0.4, 0.5) is 0 Å². The first-order chi connectivity index (χ1) is 10.6. The van der Waals surface area contributed by atoms with Gasteiger partial charge in [-0.1, -0.05) is 19.9 Å². The molecule has 0 aliphatic heterocycles. The molecule has 1 atom stereocenters. The van der Waals surface area contributed by atoms with Crippen molar-refractivity contribution in [3.8, 4) is 0 Å². The average Bonchev–Trinajstić information content (AvgIpc) is 2.44. The van der Waals surface area contributed by atoms with Crippen molar-refractivity contribution in [1.29, 1.82) is 0 Å². The Hall–Kier alpha value is -1.81. The van der Waals surface area contributed by atoms with Gasteiger partial charge < -0.3 is 0 Å². The Morgan fingerprint density at radius 3 is 2.00 bits per heavy atom. The fraction of sp³-hybridized carbons (Fsp3) is 0.692. The van der Waals surface area contributed by atoms with E-state index in [1.807, 2.05) is 13.8 Å². The Morgan fingerprint density at radius 1 is 1.17 bits per heavy atom. The smallest absolute Gasteiger partial charge is 0.284 e. The second-order valence-corrected chi connectivity index (χ2v) is 7.47. The molecule has 1 aliphatic carbocycles. The first-order valence-corrected chi connectivity index (χ1v) is 9.14. The molecule has 10 heteroatoms. The van der Waals surface area contributed by atoms with E-state index in [-0.39, 0.29) is 0 Å². The summed E-state index contributed by atoms with van der Waals surface area (Å²) in [4.78, 5) is 22.4. The van der Waals surface area contributed by atoms with Gasteiger partial charge in [0.25, 0.3) is 0 Å². The Balaban J connectivity index is 3.52. The summed E-state index contributed by atoms with van der Waals surface area (Å²) in [6.45, 7) is 4.61. The quantitative estimate of drug-likeness (QED) is 0.367. The number of allylic oxidation sites excluding steroid dienone is 1. The van der Waals surface area contributed by atoms with Crippen molar-refractivity contribution in [3.63, 3.8) is 0 Å². The largest absolute Gasteiger partial charge is 0.497 e. The molecule has 0 aromatic carbocycles. The zero-order valence-corrected chi connectivity index (χ0v) is 14.2. The lowest BCUT2D eigenvalue weighted by atomic mass is 9.94. The topological polar surface area (TPSA) is 124 Å². The van der Waals surface area contributed by atoms with Gasteiger partial charge in [-0.25, -0.2) is 8.42 Å². The summed E-state index contributed by atoms with van der Waals surface area (Å²) >= 11 is 0. The molecule has 0 saturated heterocycles. The van der Waals surface area contributed by atoms with Crippen molar-refractivity contribution in [2.24, 2.45) is 0 Å². The van der Waals surface area contributed by atoms with Crippen LogP contribution in [0.15, 0.2) is 23.1 Å². The minimum atomic E-state index is -3.79. The molecule has 0 N–H and O–H groups in total. The Labute approximate surface area is 134 Å². The van der Waals surface area contributed by atoms with Crippen molar-refractivity contribution in [2.75, 3.05) is 19.3 Å². The highest BCUT2D eigenvalue weighted by Gasteiger charge is 2.63. The van der Waals surface area contributed by atoms with Gasteiger partial charge in [0, 0.05) is 6.26 Å². The number of hydrogen-bond donors (Lipinski definition) is 0. The van der Waals surface area contributed by atoms with Gasteiger partial charge >= 0.3 is 5.66 Å². The van der Waals surface area contributed by atoms with Crippen LogP contribution in [0.1, 0.15) is 26.7 Å². The van der Waals surface area contributed by atoms with Crippen molar-refractivity contribution in [2.45, 2.75) is 38.4 Å². The lowest BCUT2D eigenvalue weighted by molar-refractivity contribution is -0.785. The molecule has 0 saturated carbocycles. The van der Waals surface area contributed by atoms with E-state index in [1.54, 1.807) is 4.90 Å². The molecule has 0 aromatic rings. The molecule has 0 heterocycles. The van der Waals surface area contributed by atoms with Gasteiger partial charge in [-0.2, -0.15) is 0 Å². The predicted octanol–water partition coefficient (Wildman–Crippen LogP) is 1.23. The second kappa shape index (κ2) is 7.18. The van der Waals surface area contributed by atoms with Crippen LogP contribution in [0.3, 0.4) is 0 Å². The summed E-state index contributed by atoms with van der Waals surface area (Å²) < 4.78 is 23.3. The zero-order valence-electron chi connectivity index (χ0n) is 13.3. The molecular weight excluding hydrogens is 326 g/mol. The van der Waals surface area contributed by atoms with Crippen LogP contribution in [0.25, 0.3) is 0 Å². The average molecular weight is 347 g/mol. The second-order valence-electron chi connectivity index (χ2n) is 5.46. The van der Waals surface area contributed by atoms with Crippen LogP contribution in [-0.2, 0) is 9.84 Å². The van der Waals surface area contributed by atoms with Gasteiger partial charge in [0.1, 0.15) is 9.85 Å². The van der Waals surface area contributed by atoms with Crippen molar-refractivity contribution < 1.29 is 18.3 Å². The lowest BCUT2D eigenvalue weighted by Crippen LogP contribution is -2.61. The van der Waals surface area contributed by atoms with E-state index >= 15 is 0 Å². The standard InChI is InChI=1S/C13H21N3O6S/c1-4-8-14(9-5-2)12-7-6-11(23(3,21)22)10-13(12,15(17)18)16(19)20/h6-7,10,12H,4-5,8-9H2,1-3H3. The van der Waals surface area contributed by atoms with Crippen molar-refractivity contribution >= 4 is 9.84 Å². The third-order valence-corrected chi connectivity index (χ3v) is 4.77. The number of nitrogens with zero attached hydrogens (tertiary/aromatic N) is 3. The molecule has 0 aromatic heterocycles. The Kier molecular flexibility index (Phi) is 6.00. The van der Waals surface area contributed by atoms with E-state index in [2.05, 4.69) is 0 Å². The summed E-state index contributed by atoms with van der Waals surface area (Å²) in [5.41, 5.74) is -2.71. The SMILES string of the molecule is CCCN(CCC)C1C=CC(S(C)(=O)=O)=CC1([N+](=O)[O-])[N+](=O)[O-]. The molecule has 130 valence electrons. The molecule has 1 aliphatic rings. The third-order valence-electron chi connectivity index (χ3n) is 3.66. The van der Waals surface area contributed by atoms with Crippen molar-refractivity contribution in [3.05, 3.63) is 43.4 Å². The van der Waals surface area contributed by atoms with Crippen LogP contribution in [-0.4, -0.2) is 54.2 Å². The van der Waals surface area contributed by atoms with Gasteiger partial charge in [0.15, 0.2) is 15.9 Å². The fourth-order valence-electron chi connectivity index (χ4n) is 2.64. The minimum absolute atomic E-state index is 0.407. The molecule has 0 spiro atoms. The van der Waals surface area contributed by atoms with Crippen molar-refractivity contribution in [1.82, 2.24) is 4.90 Å². The highest BCUT2D eigenvalue weighted by Crippen LogP contribution is 2.31. The Bertz CT molecular complexity index is 620. The zero-order chi connectivity index (χ0) is 17.8. The number of hydrogen-bond acceptors (Lipinski definition) is 7. The maximum atomic E-state index is 11.7. The first-order valence-electron chi connectivity index (χ1n) is 7.25. The van der Waals surface area contributed by atoms with E-state index in [4.69, 9.17) is 0 Å². The predicted molar refractivity (Wildman–Crippen MR) is 84.7 cm³/mol. The van der Waals surface area contributed by atoms with Gasteiger partial charge in [-0.05, 0) is 32.0 Å². The van der Waals surface area contributed by atoms with Gasteiger partial charge in [0.05, 0.1) is 11.0 Å². The van der Waals surface area contributed by atoms with Gasteiger partial charge in [-0.3, -0.25) is 25.1 Å². The molecule has 0 radical (unpaired) electrons. The van der Waals surface area contributed by atoms with Gasteiger partial charge in [-0.15, -0.1) is 0 Å². The maximum Gasteiger partial charge on any atom is 0.497 e. The molecule has 9 nitrogen and oxygen atoms in total. The first kappa shape index (κ1) is 19.2. The van der Waals surface area contributed by atoms with E-state index in [9.17, 15) is 28.6 Å². The molecule has 23 heavy (non-hydrogen) atoms.